The predicted molar refractivity (Wildman–Crippen MR) is 112 cm³/mol. The summed E-state index contributed by atoms with van der Waals surface area (Å²) in [7, 11) is 0.489. The second-order valence-electron chi connectivity index (χ2n) is 6.95. The van der Waals surface area contributed by atoms with Gasteiger partial charge < -0.3 is 14.8 Å². The second kappa shape index (κ2) is 9.76. The van der Waals surface area contributed by atoms with Gasteiger partial charge in [-0.2, -0.15) is 4.31 Å². The van der Waals surface area contributed by atoms with Crippen molar-refractivity contribution < 1.29 is 22.7 Å². The Bertz CT molecular complexity index is 940. The summed E-state index contributed by atoms with van der Waals surface area (Å²) in [6, 6.07) is 12.3. The molecule has 0 aliphatic carbocycles. The molecule has 0 aliphatic heterocycles. The van der Waals surface area contributed by atoms with Gasteiger partial charge in [0.15, 0.2) is 0 Å². The van der Waals surface area contributed by atoms with Gasteiger partial charge in [-0.05, 0) is 41.3 Å². The van der Waals surface area contributed by atoms with Gasteiger partial charge >= 0.3 is 0 Å². The van der Waals surface area contributed by atoms with E-state index >= 15 is 0 Å². The van der Waals surface area contributed by atoms with Gasteiger partial charge in [-0.3, -0.25) is 4.79 Å². The van der Waals surface area contributed by atoms with Crippen LogP contribution in [-0.2, 0) is 21.4 Å². The topological polar surface area (TPSA) is 84.9 Å². The molecule has 29 heavy (non-hydrogen) atoms. The molecule has 0 aliphatic rings. The van der Waals surface area contributed by atoms with Crippen molar-refractivity contribution in [2.45, 2.75) is 31.2 Å². The third-order valence-corrected chi connectivity index (χ3v) is 6.38. The van der Waals surface area contributed by atoms with Crippen molar-refractivity contribution in [3.8, 4) is 11.5 Å². The number of hydrogen-bond donors (Lipinski definition) is 1. The van der Waals surface area contributed by atoms with E-state index in [0.29, 0.717) is 6.54 Å². The van der Waals surface area contributed by atoms with E-state index in [1.165, 1.54) is 14.2 Å². The Morgan fingerprint density at radius 1 is 1.07 bits per heavy atom. The van der Waals surface area contributed by atoms with E-state index in [0.717, 1.165) is 21.2 Å². The van der Waals surface area contributed by atoms with Gasteiger partial charge in [0, 0.05) is 13.6 Å². The summed E-state index contributed by atoms with van der Waals surface area (Å²) in [6.07, 6.45) is 0. The fourth-order valence-corrected chi connectivity index (χ4v) is 4.02. The smallest absolute Gasteiger partial charge is 0.246 e. The predicted octanol–water partition coefficient (Wildman–Crippen LogP) is 2.76. The Balaban J connectivity index is 2.09. The minimum absolute atomic E-state index is 0.0525. The average molecular weight is 421 g/mol. The van der Waals surface area contributed by atoms with Gasteiger partial charge in [0.05, 0.1) is 20.8 Å². The molecule has 0 saturated carbocycles. The molecule has 0 atom stereocenters. The molecule has 7 nitrogen and oxygen atoms in total. The molecule has 2 aromatic carbocycles. The monoisotopic (exact) mass is 420 g/mol. The molecule has 0 unspecified atom stereocenters. The van der Waals surface area contributed by atoms with Crippen LogP contribution in [0, 0.1) is 0 Å². The van der Waals surface area contributed by atoms with Crippen molar-refractivity contribution in [1.82, 2.24) is 9.62 Å². The lowest BCUT2D eigenvalue weighted by Crippen LogP contribution is -2.38. The Hall–Kier alpha value is -2.58. The molecular formula is C21H28N2O5S. The maximum atomic E-state index is 13.0. The first-order chi connectivity index (χ1) is 13.7. The summed E-state index contributed by atoms with van der Waals surface area (Å²) in [5, 5.41) is 2.73. The molecule has 2 rings (SSSR count). The van der Waals surface area contributed by atoms with Gasteiger partial charge in [0.2, 0.25) is 15.9 Å². The van der Waals surface area contributed by atoms with Crippen LogP contribution in [-0.4, -0.2) is 46.4 Å². The molecule has 158 valence electrons. The molecule has 0 bridgehead atoms. The number of hydrogen-bond acceptors (Lipinski definition) is 5. The lowest BCUT2D eigenvalue weighted by molar-refractivity contribution is -0.121. The van der Waals surface area contributed by atoms with Gasteiger partial charge in [-0.25, -0.2) is 8.42 Å². The number of carbonyl (C=O) groups is 1. The number of carbonyl (C=O) groups excluding carboxylic acids is 1. The molecule has 0 aromatic heterocycles. The minimum Gasteiger partial charge on any atom is -0.497 e. The van der Waals surface area contributed by atoms with Crippen LogP contribution in [0.3, 0.4) is 0 Å². The zero-order valence-corrected chi connectivity index (χ0v) is 18.2. The van der Waals surface area contributed by atoms with E-state index in [9.17, 15) is 13.2 Å². The van der Waals surface area contributed by atoms with E-state index in [-0.39, 0.29) is 23.1 Å². The summed E-state index contributed by atoms with van der Waals surface area (Å²) in [6.45, 7) is 3.96. The van der Waals surface area contributed by atoms with E-state index in [1.54, 1.807) is 31.4 Å². The first-order valence-electron chi connectivity index (χ1n) is 9.23. The van der Waals surface area contributed by atoms with Crippen LogP contribution in [0.1, 0.15) is 30.9 Å². The summed E-state index contributed by atoms with van der Waals surface area (Å²) in [4.78, 5) is 12.3. The van der Waals surface area contributed by atoms with E-state index in [4.69, 9.17) is 9.47 Å². The van der Waals surface area contributed by atoms with Crippen molar-refractivity contribution >= 4 is 15.9 Å². The second-order valence-corrected chi connectivity index (χ2v) is 8.96. The highest BCUT2D eigenvalue weighted by Crippen LogP contribution is 2.29. The molecule has 0 fully saturated rings. The lowest BCUT2D eigenvalue weighted by Gasteiger charge is -2.20. The number of nitrogens with one attached hydrogen (secondary N) is 1. The first-order valence-corrected chi connectivity index (χ1v) is 10.7. The Kier molecular flexibility index (Phi) is 7.64. The molecule has 2 aromatic rings. The van der Waals surface area contributed by atoms with Crippen molar-refractivity contribution in [1.29, 1.82) is 0 Å². The van der Waals surface area contributed by atoms with Crippen molar-refractivity contribution in [2.75, 3.05) is 27.8 Å². The largest absolute Gasteiger partial charge is 0.497 e. The Labute approximate surface area is 172 Å². The zero-order chi connectivity index (χ0) is 21.6. The van der Waals surface area contributed by atoms with Crippen LogP contribution < -0.4 is 14.8 Å². The standard InChI is InChI=1S/C21H28N2O5S/c1-15(2)17-8-11-19(28-5)20(12-17)29(25,26)23(3)14-21(24)22-13-16-6-9-18(27-4)10-7-16/h6-12,15H,13-14H2,1-5H3,(H,22,24). The molecule has 8 heteroatoms. The minimum atomic E-state index is -3.89. The lowest BCUT2D eigenvalue weighted by atomic mass is 10.0. The van der Waals surface area contributed by atoms with Crippen LogP contribution in [0.25, 0.3) is 0 Å². The van der Waals surface area contributed by atoms with Crippen molar-refractivity contribution in [3.05, 3.63) is 53.6 Å². The van der Waals surface area contributed by atoms with Crippen LogP contribution in [0.15, 0.2) is 47.4 Å². The fraction of sp³-hybridized carbons (Fsp3) is 0.381. The Morgan fingerprint density at radius 2 is 1.72 bits per heavy atom. The quantitative estimate of drug-likeness (QED) is 0.674. The van der Waals surface area contributed by atoms with Crippen LogP contribution in [0.4, 0.5) is 0 Å². The number of nitrogens with zero attached hydrogens (tertiary/aromatic N) is 1. The number of ether oxygens (including phenoxy) is 2. The maximum Gasteiger partial charge on any atom is 0.246 e. The van der Waals surface area contributed by atoms with Crippen LogP contribution in [0.5, 0.6) is 11.5 Å². The zero-order valence-electron chi connectivity index (χ0n) is 17.4. The van der Waals surface area contributed by atoms with Crippen molar-refractivity contribution in [2.24, 2.45) is 0 Å². The molecule has 1 N–H and O–H groups in total. The van der Waals surface area contributed by atoms with E-state index < -0.39 is 15.9 Å². The van der Waals surface area contributed by atoms with Crippen LogP contribution >= 0.6 is 0 Å². The number of amides is 1. The number of sulfonamides is 1. The van der Waals surface area contributed by atoms with Gasteiger partial charge in [-0.1, -0.05) is 32.0 Å². The summed E-state index contributed by atoms with van der Waals surface area (Å²) >= 11 is 0. The summed E-state index contributed by atoms with van der Waals surface area (Å²) in [5.41, 5.74) is 1.76. The van der Waals surface area contributed by atoms with Gasteiger partial charge in [-0.15, -0.1) is 0 Å². The number of benzene rings is 2. The van der Waals surface area contributed by atoms with E-state index in [1.807, 2.05) is 32.0 Å². The molecule has 0 heterocycles. The number of rotatable bonds is 9. The molecule has 0 saturated heterocycles. The highest BCUT2D eigenvalue weighted by molar-refractivity contribution is 7.89. The van der Waals surface area contributed by atoms with Gasteiger partial charge in [0.25, 0.3) is 0 Å². The Morgan fingerprint density at radius 3 is 2.28 bits per heavy atom. The summed E-state index contributed by atoms with van der Waals surface area (Å²) in [5.74, 6) is 0.738. The highest BCUT2D eigenvalue weighted by Gasteiger charge is 2.27. The molecule has 0 radical (unpaired) electrons. The van der Waals surface area contributed by atoms with Gasteiger partial charge in [0.1, 0.15) is 16.4 Å². The molecule has 0 spiro atoms. The molecule has 1 amide bonds. The number of likely N-dealkylation sites (N-methyl/N-ethyl adjacent to an activating group) is 1. The van der Waals surface area contributed by atoms with E-state index in [2.05, 4.69) is 5.32 Å². The number of methoxy groups -OCH3 is 2. The average Bonchev–Trinajstić information content (AvgIpc) is 2.71. The van der Waals surface area contributed by atoms with Crippen LogP contribution in [0.2, 0.25) is 0 Å². The van der Waals surface area contributed by atoms with Crippen molar-refractivity contribution in [3.63, 3.8) is 0 Å². The maximum absolute atomic E-state index is 13.0. The third-order valence-electron chi connectivity index (χ3n) is 4.56. The molecular weight excluding hydrogens is 392 g/mol. The SMILES string of the molecule is COc1ccc(CNC(=O)CN(C)S(=O)(=O)c2cc(C(C)C)ccc2OC)cc1. The fourth-order valence-electron chi connectivity index (χ4n) is 2.71. The summed E-state index contributed by atoms with van der Waals surface area (Å²) < 4.78 is 37.4. The normalized spacial score (nSPS) is 11.6. The highest BCUT2D eigenvalue weighted by atomic mass is 32.2. The third kappa shape index (κ3) is 5.71. The first kappa shape index (κ1) is 22.7.